The largest absolute Gasteiger partial charge is 0.481 e. The van der Waals surface area contributed by atoms with Crippen LogP contribution in [0.2, 0.25) is 10.0 Å². The Balaban J connectivity index is 1.66. The van der Waals surface area contributed by atoms with Crippen molar-refractivity contribution < 1.29 is 23.5 Å². The maximum atomic E-state index is 14.9. The standard InChI is InChI=1S/C29H24Cl2F2N2O3S/c1-29(2,19-5-10-22(30)23(31)14-19)26-15-34-28(35(26)21-8-6-20(32)7-9-21)39-16-18-4-3-17(13-24(18)33)25(36)11-12-27(37)38/h3-10,13-15H,11-12,16H2,1-2H3,(H,37,38). The molecule has 0 bridgehead atoms. The minimum atomic E-state index is -1.09. The van der Waals surface area contributed by atoms with Crippen LogP contribution in [0.3, 0.4) is 0 Å². The third kappa shape index (κ3) is 6.52. The number of thioether (sulfide) groups is 1. The summed E-state index contributed by atoms with van der Waals surface area (Å²) in [7, 11) is 0. The number of aromatic nitrogens is 2. The summed E-state index contributed by atoms with van der Waals surface area (Å²) >= 11 is 13.7. The van der Waals surface area contributed by atoms with Crippen molar-refractivity contribution in [2.75, 3.05) is 0 Å². The van der Waals surface area contributed by atoms with E-state index in [-0.39, 0.29) is 30.0 Å². The van der Waals surface area contributed by atoms with Gasteiger partial charge in [0.2, 0.25) is 0 Å². The summed E-state index contributed by atoms with van der Waals surface area (Å²) in [5.41, 5.74) is 2.27. The Hall–Kier alpha value is -3.20. The van der Waals surface area contributed by atoms with Crippen molar-refractivity contribution in [3.05, 3.63) is 111 Å². The van der Waals surface area contributed by atoms with E-state index in [1.807, 2.05) is 24.5 Å². The molecule has 10 heteroatoms. The summed E-state index contributed by atoms with van der Waals surface area (Å²) < 4.78 is 30.5. The van der Waals surface area contributed by atoms with Gasteiger partial charge in [0.25, 0.3) is 0 Å². The molecule has 3 aromatic carbocycles. The number of ketones is 1. The first-order chi connectivity index (χ1) is 18.5. The minimum Gasteiger partial charge on any atom is -0.481 e. The number of rotatable bonds is 10. The molecule has 39 heavy (non-hydrogen) atoms. The maximum Gasteiger partial charge on any atom is 0.303 e. The number of benzene rings is 3. The van der Waals surface area contributed by atoms with E-state index < -0.39 is 23.0 Å². The van der Waals surface area contributed by atoms with Crippen molar-refractivity contribution in [2.24, 2.45) is 0 Å². The molecule has 0 radical (unpaired) electrons. The summed E-state index contributed by atoms with van der Waals surface area (Å²) in [6.45, 7) is 4.02. The lowest BCUT2D eigenvalue weighted by Gasteiger charge is -2.28. The normalized spacial score (nSPS) is 11.5. The molecule has 0 fully saturated rings. The van der Waals surface area contributed by atoms with E-state index in [9.17, 15) is 18.4 Å². The van der Waals surface area contributed by atoms with Crippen LogP contribution in [0.25, 0.3) is 5.69 Å². The van der Waals surface area contributed by atoms with E-state index in [4.69, 9.17) is 28.3 Å². The van der Waals surface area contributed by atoms with Gasteiger partial charge in [0.05, 0.1) is 28.4 Å². The predicted molar refractivity (Wildman–Crippen MR) is 149 cm³/mol. The average molecular weight is 589 g/mol. The van der Waals surface area contributed by atoms with Crippen molar-refractivity contribution in [1.29, 1.82) is 0 Å². The van der Waals surface area contributed by atoms with Gasteiger partial charge in [-0.05, 0) is 53.6 Å². The smallest absolute Gasteiger partial charge is 0.303 e. The highest BCUT2D eigenvalue weighted by atomic mass is 35.5. The molecular weight excluding hydrogens is 565 g/mol. The van der Waals surface area contributed by atoms with E-state index in [1.165, 1.54) is 36.0 Å². The summed E-state index contributed by atoms with van der Waals surface area (Å²) in [5.74, 6) is -2.26. The Morgan fingerprint density at radius 2 is 1.69 bits per heavy atom. The second-order valence-corrected chi connectivity index (χ2v) is 11.2. The molecule has 5 nitrogen and oxygen atoms in total. The number of hydrogen-bond acceptors (Lipinski definition) is 4. The molecule has 0 amide bonds. The molecule has 0 aliphatic rings. The molecule has 1 N–H and O–H groups in total. The zero-order valence-electron chi connectivity index (χ0n) is 21.1. The zero-order chi connectivity index (χ0) is 28.3. The lowest BCUT2D eigenvalue weighted by Crippen LogP contribution is -2.23. The quantitative estimate of drug-likeness (QED) is 0.149. The molecule has 1 aromatic heterocycles. The fraction of sp³-hybridized carbons (Fsp3) is 0.207. The first-order valence-corrected chi connectivity index (χ1v) is 13.7. The highest BCUT2D eigenvalue weighted by Crippen LogP contribution is 2.38. The van der Waals surface area contributed by atoms with E-state index in [2.05, 4.69) is 4.98 Å². The number of carbonyl (C=O) groups is 2. The van der Waals surface area contributed by atoms with Crippen LogP contribution in [-0.2, 0) is 16.0 Å². The molecule has 1 heterocycles. The van der Waals surface area contributed by atoms with Crippen molar-refractivity contribution in [3.8, 4) is 5.69 Å². The number of imidazole rings is 1. The highest BCUT2D eigenvalue weighted by molar-refractivity contribution is 7.98. The molecule has 0 saturated carbocycles. The molecule has 0 saturated heterocycles. The second kappa shape index (κ2) is 11.9. The fourth-order valence-electron chi connectivity index (χ4n) is 4.09. The zero-order valence-corrected chi connectivity index (χ0v) is 23.4. The third-order valence-corrected chi connectivity index (χ3v) is 8.13. The lowest BCUT2D eigenvalue weighted by atomic mass is 9.81. The monoisotopic (exact) mass is 588 g/mol. The van der Waals surface area contributed by atoms with Gasteiger partial charge in [-0.3, -0.25) is 14.2 Å². The Morgan fingerprint density at radius 1 is 0.974 bits per heavy atom. The molecule has 0 aliphatic heterocycles. The van der Waals surface area contributed by atoms with Gasteiger partial charge < -0.3 is 5.11 Å². The third-order valence-electron chi connectivity index (χ3n) is 6.39. The van der Waals surface area contributed by atoms with Crippen LogP contribution in [0.4, 0.5) is 8.78 Å². The van der Waals surface area contributed by atoms with Gasteiger partial charge in [-0.15, -0.1) is 0 Å². The number of carboxylic acid groups (broad SMARTS) is 1. The van der Waals surface area contributed by atoms with Crippen LogP contribution in [0, 0.1) is 11.6 Å². The number of Topliss-reactive ketones (excluding diaryl/α,β-unsaturated/α-hetero) is 1. The Labute approximate surface area is 238 Å². The van der Waals surface area contributed by atoms with Crippen LogP contribution >= 0.6 is 35.0 Å². The van der Waals surface area contributed by atoms with E-state index in [0.717, 1.165) is 17.3 Å². The predicted octanol–water partition coefficient (Wildman–Crippen LogP) is 8.12. The molecule has 4 aromatic rings. The second-order valence-electron chi connectivity index (χ2n) is 9.40. The van der Waals surface area contributed by atoms with Gasteiger partial charge >= 0.3 is 5.97 Å². The molecule has 0 unspecified atom stereocenters. The molecule has 4 rings (SSSR count). The van der Waals surface area contributed by atoms with Gasteiger partial charge in [0.1, 0.15) is 11.6 Å². The van der Waals surface area contributed by atoms with Gasteiger partial charge in [0.15, 0.2) is 10.9 Å². The number of nitrogens with zero attached hydrogens (tertiary/aromatic N) is 2. The van der Waals surface area contributed by atoms with Crippen LogP contribution in [0.15, 0.2) is 72.0 Å². The molecule has 0 aliphatic carbocycles. The van der Waals surface area contributed by atoms with Gasteiger partial charge in [-0.25, -0.2) is 13.8 Å². The summed E-state index contributed by atoms with van der Waals surface area (Å²) in [4.78, 5) is 27.5. The average Bonchev–Trinajstić information content (AvgIpc) is 3.33. The molecule has 0 spiro atoms. The SMILES string of the molecule is CC(C)(c1ccc(Cl)c(Cl)c1)c1cnc(SCc2ccc(C(=O)CCC(=O)O)cc2F)n1-c1ccc(F)cc1. The molecule has 202 valence electrons. The van der Waals surface area contributed by atoms with Gasteiger partial charge in [-0.2, -0.15) is 0 Å². The molecule has 0 atom stereocenters. The maximum absolute atomic E-state index is 14.9. The van der Waals surface area contributed by atoms with Crippen LogP contribution in [0.5, 0.6) is 0 Å². The van der Waals surface area contributed by atoms with E-state index in [1.54, 1.807) is 30.5 Å². The number of halogens is 4. The van der Waals surface area contributed by atoms with Crippen molar-refractivity contribution in [1.82, 2.24) is 9.55 Å². The highest BCUT2D eigenvalue weighted by Gasteiger charge is 2.30. The Bertz CT molecular complexity index is 1540. The number of hydrogen-bond donors (Lipinski definition) is 1. The van der Waals surface area contributed by atoms with Gasteiger partial charge in [-0.1, -0.05) is 67.0 Å². The topological polar surface area (TPSA) is 72.2 Å². The summed E-state index contributed by atoms with van der Waals surface area (Å²) in [6.07, 6.45) is 1.22. The van der Waals surface area contributed by atoms with E-state index in [0.29, 0.717) is 26.5 Å². The lowest BCUT2D eigenvalue weighted by molar-refractivity contribution is -0.136. The van der Waals surface area contributed by atoms with Gasteiger partial charge in [0, 0.05) is 28.8 Å². The van der Waals surface area contributed by atoms with Crippen molar-refractivity contribution in [2.45, 2.75) is 43.0 Å². The Morgan fingerprint density at radius 3 is 2.33 bits per heavy atom. The Kier molecular flexibility index (Phi) is 8.79. The molecular formula is C29H24Cl2F2N2O3S. The van der Waals surface area contributed by atoms with E-state index >= 15 is 0 Å². The van der Waals surface area contributed by atoms with Crippen molar-refractivity contribution >= 4 is 46.7 Å². The fourth-order valence-corrected chi connectivity index (χ4v) is 5.37. The first kappa shape index (κ1) is 28.8. The number of carboxylic acids is 1. The number of carbonyl (C=O) groups excluding carboxylic acids is 1. The number of aliphatic carboxylic acids is 1. The minimum absolute atomic E-state index is 0.126. The summed E-state index contributed by atoms with van der Waals surface area (Å²) in [6, 6.07) is 15.6. The van der Waals surface area contributed by atoms with Crippen LogP contribution in [-0.4, -0.2) is 26.4 Å². The van der Waals surface area contributed by atoms with Crippen molar-refractivity contribution in [3.63, 3.8) is 0 Å². The van der Waals surface area contributed by atoms with Crippen LogP contribution < -0.4 is 0 Å². The van der Waals surface area contributed by atoms with Crippen LogP contribution in [0.1, 0.15) is 53.9 Å². The summed E-state index contributed by atoms with van der Waals surface area (Å²) in [5, 5.41) is 10.2. The first-order valence-electron chi connectivity index (χ1n) is 11.9.